The van der Waals surface area contributed by atoms with Crippen molar-refractivity contribution < 1.29 is 29.4 Å². The lowest BCUT2D eigenvalue weighted by Crippen LogP contribution is -2.44. The number of fused-ring (bicyclic) bond motifs is 2. The SMILES string of the molecule is NC(=O)[C@H](NC(=O)c1cc(C(=O)NCc2ccc3c(c2)CN(c2c(N)c(=O)c2=O)CC3)n2cc(O)nc2n1)c1ccc(C(=O)O)cc1. The molecule has 0 saturated heterocycles. The molecule has 0 unspecified atom stereocenters. The van der Waals surface area contributed by atoms with E-state index in [1.165, 1.54) is 28.7 Å². The number of anilines is 2. The fraction of sp³-hybridized carbons (Fsp3) is 0.161. The number of imidazole rings is 1. The van der Waals surface area contributed by atoms with E-state index in [4.69, 9.17) is 16.6 Å². The molecule has 0 radical (unpaired) electrons. The second-order valence-electron chi connectivity index (χ2n) is 10.9. The number of carboxylic acid groups (broad SMARTS) is 1. The van der Waals surface area contributed by atoms with Crippen LogP contribution in [0.1, 0.15) is 59.6 Å². The molecule has 238 valence electrons. The van der Waals surface area contributed by atoms with E-state index in [9.17, 15) is 33.9 Å². The van der Waals surface area contributed by atoms with Crippen LogP contribution < -0.4 is 37.9 Å². The van der Waals surface area contributed by atoms with Gasteiger partial charge in [0, 0.05) is 19.6 Å². The number of nitrogen functional groups attached to an aromatic ring is 1. The van der Waals surface area contributed by atoms with E-state index in [1.54, 1.807) is 4.90 Å². The van der Waals surface area contributed by atoms with Gasteiger partial charge in [-0.25, -0.2) is 9.78 Å². The van der Waals surface area contributed by atoms with E-state index in [1.807, 2.05) is 18.2 Å². The fourth-order valence-electron chi connectivity index (χ4n) is 5.48. The van der Waals surface area contributed by atoms with Gasteiger partial charge in [-0.2, -0.15) is 4.98 Å². The number of aromatic carboxylic acids is 1. The second kappa shape index (κ2) is 11.7. The van der Waals surface area contributed by atoms with Crippen LogP contribution in [0, 0.1) is 0 Å². The molecule has 0 bridgehead atoms. The van der Waals surface area contributed by atoms with Crippen molar-refractivity contribution in [2.45, 2.75) is 25.6 Å². The monoisotopic (exact) mass is 638 g/mol. The summed E-state index contributed by atoms with van der Waals surface area (Å²) in [6.45, 7) is 0.956. The van der Waals surface area contributed by atoms with Gasteiger partial charge in [-0.05, 0) is 46.9 Å². The first-order valence-electron chi connectivity index (χ1n) is 14.2. The Balaban J connectivity index is 1.21. The Hall–Kier alpha value is -6.58. The number of hydrogen-bond acceptors (Lipinski definition) is 11. The summed E-state index contributed by atoms with van der Waals surface area (Å²) in [5.74, 6) is -4.27. The average Bonchev–Trinajstić information content (AvgIpc) is 3.45. The third-order valence-corrected chi connectivity index (χ3v) is 7.92. The number of carbonyl (C=O) groups is 4. The first-order chi connectivity index (χ1) is 22.4. The van der Waals surface area contributed by atoms with Gasteiger partial charge in [-0.1, -0.05) is 30.3 Å². The highest BCUT2D eigenvalue weighted by molar-refractivity contribution is 6.00. The van der Waals surface area contributed by atoms with Crippen LogP contribution >= 0.6 is 0 Å². The normalized spacial score (nSPS) is 13.2. The molecule has 0 saturated carbocycles. The Bertz CT molecular complexity index is 2180. The topological polar surface area (TPSA) is 252 Å². The number of benzene rings is 2. The number of nitrogens with two attached hydrogens (primary N) is 2. The number of primary amides is 1. The molecule has 0 spiro atoms. The van der Waals surface area contributed by atoms with Crippen LogP contribution in [-0.2, 0) is 24.3 Å². The van der Waals surface area contributed by atoms with E-state index in [0.29, 0.717) is 19.5 Å². The van der Waals surface area contributed by atoms with Crippen molar-refractivity contribution in [3.05, 3.63) is 114 Å². The molecule has 2 aromatic heterocycles. The maximum absolute atomic E-state index is 13.4. The lowest BCUT2D eigenvalue weighted by atomic mass is 9.96. The molecular weight excluding hydrogens is 612 g/mol. The van der Waals surface area contributed by atoms with E-state index >= 15 is 0 Å². The third kappa shape index (κ3) is 5.70. The summed E-state index contributed by atoms with van der Waals surface area (Å²) >= 11 is 0. The molecule has 0 aliphatic carbocycles. The largest absolute Gasteiger partial charge is 0.492 e. The van der Waals surface area contributed by atoms with Crippen molar-refractivity contribution in [3.8, 4) is 5.88 Å². The maximum Gasteiger partial charge on any atom is 0.335 e. The summed E-state index contributed by atoms with van der Waals surface area (Å²) in [5.41, 5.74) is 12.6. The molecule has 1 atom stereocenters. The molecular formula is C31H26N8O8. The molecule has 0 fully saturated rings. The zero-order valence-electron chi connectivity index (χ0n) is 24.4. The highest BCUT2D eigenvalue weighted by Gasteiger charge is 2.28. The zero-order chi connectivity index (χ0) is 33.6. The lowest BCUT2D eigenvalue weighted by molar-refractivity contribution is -0.120. The summed E-state index contributed by atoms with van der Waals surface area (Å²) in [5, 5.41) is 24.4. The predicted octanol–water partition coefficient (Wildman–Crippen LogP) is -0.240. The van der Waals surface area contributed by atoms with Crippen LogP contribution in [0.4, 0.5) is 11.4 Å². The Morgan fingerprint density at radius 3 is 2.38 bits per heavy atom. The molecule has 3 aromatic carbocycles. The van der Waals surface area contributed by atoms with Gasteiger partial charge in [-0.15, -0.1) is 0 Å². The minimum absolute atomic E-state index is 0.0340. The van der Waals surface area contributed by atoms with Gasteiger partial charge in [0.15, 0.2) is 0 Å². The third-order valence-electron chi connectivity index (χ3n) is 7.92. The van der Waals surface area contributed by atoms with Crippen LogP contribution in [0.2, 0.25) is 0 Å². The van der Waals surface area contributed by atoms with Crippen LogP contribution in [0.25, 0.3) is 5.78 Å². The summed E-state index contributed by atoms with van der Waals surface area (Å²) in [4.78, 5) is 83.4. The number of carboxylic acids is 1. The van der Waals surface area contributed by atoms with E-state index in [2.05, 4.69) is 20.6 Å². The molecule has 3 amide bonds. The van der Waals surface area contributed by atoms with E-state index < -0.39 is 46.5 Å². The quantitative estimate of drug-likeness (QED) is 0.114. The number of nitrogens with one attached hydrogen (secondary N) is 2. The van der Waals surface area contributed by atoms with Gasteiger partial charge in [0.1, 0.15) is 28.8 Å². The minimum atomic E-state index is -1.36. The summed E-state index contributed by atoms with van der Waals surface area (Å²) in [7, 11) is 0. The highest BCUT2D eigenvalue weighted by atomic mass is 16.4. The van der Waals surface area contributed by atoms with E-state index in [-0.39, 0.29) is 46.2 Å². The van der Waals surface area contributed by atoms with Gasteiger partial charge in [-0.3, -0.25) is 28.4 Å². The smallest absolute Gasteiger partial charge is 0.335 e. The van der Waals surface area contributed by atoms with Gasteiger partial charge < -0.3 is 37.2 Å². The molecule has 47 heavy (non-hydrogen) atoms. The first kappa shape index (κ1) is 30.4. The first-order valence-corrected chi connectivity index (χ1v) is 14.2. The van der Waals surface area contributed by atoms with E-state index in [0.717, 1.165) is 29.0 Å². The predicted molar refractivity (Wildman–Crippen MR) is 166 cm³/mol. The second-order valence-corrected chi connectivity index (χ2v) is 10.9. The Kier molecular flexibility index (Phi) is 7.60. The molecule has 16 heteroatoms. The number of aromatic nitrogens is 3. The Morgan fingerprint density at radius 1 is 0.957 bits per heavy atom. The van der Waals surface area contributed by atoms with Crippen LogP contribution in [0.3, 0.4) is 0 Å². The molecule has 8 N–H and O–H groups in total. The molecule has 5 aromatic rings. The van der Waals surface area contributed by atoms with Crippen LogP contribution in [0.15, 0.2) is 64.3 Å². The number of hydrogen-bond donors (Lipinski definition) is 6. The van der Waals surface area contributed by atoms with Gasteiger partial charge in [0.25, 0.3) is 22.7 Å². The van der Waals surface area contributed by atoms with Crippen molar-refractivity contribution >= 4 is 40.8 Å². The van der Waals surface area contributed by atoms with Gasteiger partial charge >= 0.3 is 5.97 Å². The lowest BCUT2D eigenvalue weighted by Gasteiger charge is -2.32. The Labute approximate surface area is 264 Å². The van der Waals surface area contributed by atoms with Crippen molar-refractivity contribution in [1.82, 2.24) is 25.0 Å². The number of nitrogens with zero attached hydrogens (tertiary/aromatic N) is 4. The van der Waals surface area contributed by atoms with Crippen molar-refractivity contribution in [1.29, 1.82) is 0 Å². The number of amides is 3. The summed E-state index contributed by atoms with van der Waals surface area (Å²) < 4.78 is 1.19. The highest BCUT2D eigenvalue weighted by Crippen LogP contribution is 2.26. The van der Waals surface area contributed by atoms with Gasteiger partial charge in [0.05, 0.1) is 11.8 Å². The van der Waals surface area contributed by atoms with Crippen molar-refractivity contribution in [3.63, 3.8) is 0 Å². The van der Waals surface area contributed by atoms with Crippen LogP contribution in [-0.4, -0.2) is 54.8 Å². The van der Waals surface area contributed by atoms with Crippen molar-refractivity contribution in [2.75, 3.05) is 17.2 Å². The van der Waals surface area contributed by atoms with Crippen LogP contribution in [0.5, 0.6) is 5.88 Å². The number of rotatable bonds is 9. The summed E-state index contributed by atoms with van der Waals surface area (Å²) in [6, 6.07) is 10.6. The zero-order valence-corrected chi connectivity index (χ0v) is 24.4. The molecule has 6 rings (SSSR count). The fourth-order valence-corrected chi connectivity index (χ4v) is 5.48. The maximum atomic E-state index is 13.4. The Morgan fingerprint density at radius 2 is 1.70 bits per heavy atom. The molecule has 3 heterocycles. The summed E-state index contributed by atoms with van der Waals surface area (Å²) in [6.07, 6.45) is 1.78. The van der Waals surface area contributed by atoms with Crippen molar-refractivity contribution in [2.24, 2.45) is 5.73 Å². The standard InChI is InChI=1S/C31H26N8O8/c32-22-24(26(42)25(22)41)38-8-7-15-2-1-14(9-18(15)12-38)11-34-29(45)20-10-19(35-31-36-21(40)13-39(20)31)28(44)37-23(27(33)43)16-3-5-17(6-4-16)30(46)47/h1-6,9-10,13,23,40H,7-8,11-12,32H2,(H2,33,43)(H,34,45)(H,37,44)(H,46,47)/t23-/m1/s1. The van der Waals surface area contributed by atoms with Gasteiger partial charge in [0.2, 0.25) is 17.6 Å². The molecule has 1 aliphatic rings. The average molecular weight is 639 g/mol. The number of aromatic hydroxyl groups is 1. The number of carbonyl (C=O) groups excluding carboxylic acids is 3. The molecule has 16 nitrogen and oxygen atoms in total. The minimum Gasteiger partial charge on any atom is -0.492 e. The molecule has 1 aliphatic heterocycles.